The zero-order valence-corrected chi connectivity index (χ0v) is 11.2. The Morgan fingerprint density at radius 2 is 1.79 bits per heavy atom. The van der Waals surface area contributed by atoms with E-state index in [1.165, 1.54) is 15.6 Å². The fourth-order valence-electron chi connectivity index (χ4n) is 1.59. The summed E-state index contributed by atoms with van der Waals surface area (Å²) < 4.78 is 1.30. The van der Waals surface area contributed by atoms with Crippen molar-refractivity contribution in [2.75, 3.05) is 7.05 Å². The summed E-state index contributed by atoms with van der Waals surface area (Å²) in [7, 11) is 2.03. The fourth-order valence-corrected chi connectivity index (χ4v) is 1.95. The van der Waals surface area contributed by atoms with E-state index in [0.717, 1.165) is 5.92 Å². The third kappa shape index (κ3) is 3.58. The van der Waals surface area contributed by atoms with Crippen LogP contribution in [-0.2, 0) is 0 Å². The minimum Gasteiger partial charge on any atom is -0.313 e. The monoisotopic (exact) mass is 303 g/mol. The normalized spacial score (nSPS) is 13.2. The number of benzene rings is 1. The van der Waals surface area contributed by atoms with Gasteiger partial charge in [-0.3, -0.25) is 0 Å². The van der Waals surface area contributed by atoms with E-state index in [-0.39, 0.29) is 0 Å². The third-order valence-electron chi connectivity index (χ3n) is 2.33. The van der Waals surface area contributed by atoms with Crippen molar-refractivity contribution in [3.05, 3.63) is 33.4 Å². The van der Waals surface area contributed by atoms with Crippen LogP contribution in [0.1, 0.15) is 31.9 Å². The Morgan fingerprint density at radius 1 is 1.21 bits per heavy atom. The average molecular weight is 303 g/mol. The van der Waals surface area contributed by atoms with Gasteiger partial charge in [-0.2, -0.15) is 0 Å². The molecule has 0 bridgehead atoms. The number of rotatable bonds is 4. The molecule has 0 radical (unpaired) electrons. The van der Waals surface area contributed by atoms with Gasteiger partial charge in [0.25, 0.3) is 0 Å². The predicted molar refractivity (Wildman–Crippen MR) is 70.4 cm³/mol. The number of halogens is 1. The van der Waals surface area contributed by atoms with E-state index >= 15 is 0 Å². The van der Waals surface area contributed by atoms with Gasteiger partial charge in [0.2, 0.25) is 0 Å². The molecule has 0 heterocycles. The summed E-state index contributed by atoms with van der Waals surface area (Å²) in [6, 6.07) is 9.25. The van der Waals surface area contributed by atoms with Crippen molar-refractivity contribution in [2.24, 2.45) is 5.92 Å². The highest BCUT2D eigenvalue weighted by atomic mass is 127. The lowest BCUT2D eigenvalue weighted by atomic mass is 9.97. The Hall–Kier alpha value is -0.0900. The largest absolute Gasteiger partial charge is 0.313 e. The van der Waals surface area contributed by atoms with Gasteiger partial charge in [-0.15, -0.1) is 0 Å². The molecule has 78 valence electrons. The predicted octanol–water partition coefficient (Wildman–Crippen LogP) is 3.60. The summed E-state index contributed by atoms with van der Waals surface area (Å²) in [5.41, 5.74) is 1.39. The van der Waals surface area contributed by atoms with Crippen LogP contribution in [0.3, 0.4) is 0 Å². The van der Waals surface area contributed by atoms with Gasteiger partial charge in [0.1, 0.15) is 0 Å². The average Bonchev–Trinajstić information content (AvgIpc) is 2.15. The number of hydrogen-bond donors (Lipinski definition) is 1. The van der Waals surface area contributed by atoms with Crippen LogP contribution in [0.5, 0.6) is 0 Å². The van der Waals surface area contributed by atoms with Crippen LogP contribution in [0.15, 0.2) is 24.3 Å². The first kappa shape index (κ1) is 12.0. The van der Waals surface area contributed by atoms with Crippen molar-refractivity contribution in [1.82, 2.24) is 5.32 Å². The molecule has 1 aromatic rings. The summed E-state index contributed by atoms with van der Waals surface area (Å²) in [5, 5.41) is 3.37. The Balaban J connectivity index is 2.73. The van der Waals surface area contributed by atoms with Gasteiger partial charge in [-0.25, -0.2) is 0 Å². The van der Waals surface area contributed by atoms with Crippen LogP contribution < -0.4 is 5.32 Å². The molecule has 1 nitrogen and oxygen atoms in total. The van der Waals surface area contributed by atoms with Gasteiger partial charge in [-0.05, 0) is 59.7 Å². The van der Waals surface area contributed by atoms with Crippen LogP contribution in [0.2, 0.25) is 0 Å². The molecule has 1 N–H and O–H groups in total. The molecule has 0 amide bonds. The topological polar surface area (TPSA) is 12.0 Å². The Bertz CT molecular complexity index is 266. The van der Waals surface area contributed by atoms with Crippen LogP contribution in [0.25, 0.3) is 0 Å². The summed E-state index contributed by atoms with van der Waals surface area (Å²) in [6.45, 7) is 4.52. The molecule has 0 aliphatic heterocycles. The fraction of sp³-hybridized carbons (Fsp3) is 0.500. The third-order valence-corrected chi connectivity index (χ3v) is 3.05. The lowest BCUT2D eigenvalue weighted by Crippen LogP contribution is -2.18. The van der Waals surface area contributed by atoms with Gasteiger partial charge in [0, 0.05) is 9.61 Å². The van der Waals surface area contributed by atoms with Crippen LogP contribution in [0.4, 0.5) is 0 Å². The lowest BCUT2D eigenvalue weighted by Gasteiger charge is -2.18. The molecule has 1 unspecified atom stereocenters. The van der Waals surface area contributed by atoms with Crippen molar-refractivity contribution in [1.29, 1.82) is 0 Å². The molecule has 0 fully saturated rings. The quantitative estimate of drug-likeness (QED) is 0.838. The van der Waals surface area contributed by atoms with E-state index in [2.05, 4.69) is 66.0 Å². The molecule has 1 atom stereocenters. The second-order valence-electron chi connectivity index (χ2n) is 4.02. The Morgan fingerprint density at radius 3 is 2.21 bits per heavy atom. The van der Waals surface area contributed by atoms with Gasteiger partial charge in [0.05, 0.1) is 0 Å². The van der Waals surface area contributed by atoms with Crippen LogP contribution >= 0.6 is 22.6 Å². The van der Waals surface area contributed by atoms with Gasteiger partial charge >= 0.3 is 0 Å². The SMILES string of the molecule is CNC(CC(C)C)c1ccc(I)cc1. The van der Waals surface area contributed by atoms with Gasteiger partial charge in [-0.1, -0.05) is 26.0 Å². The first-order chi connectivity index (χ1) is 6.63. The van der Waals surface area contributed by atoms with Gasteiger partial charge < -0.3 is 5.32 Å². The van der Waals surface area contributed by atoms with Crippen molar-refractivity contribution in [2.45, 2.75) is 26.3 Å². The van der Waals surface area contributed by atoms with Crippen molar-refractivity contribution < 1.29 is 0 Å². The second-order valence-corrected chi connectivity index (χ2v) is 5.27. The molecule has 0 aliphatic rings. The lowest BCUT2D eigenvalue weighted by molar-refractivity contribution is 0.457. The van der Waals surface area contributed by atoms with E-state index in [9.17, 15) is 0 Å². The maximum absolute atomic E-state index is 3.37. The molecule has 1 rings (SSSR count). The highest BCUT2D eigenvalue weighted by Gasteiger charge is 2.10. The van der Waals surface area contributed by atoms with E-state index < -0.39 is 0 Å². The maximum atomic E-state index is 3.37. The Labute approximate surface area is 100 Å². The standard InChI is InChI=1S/C12H18IN/c1-9(2)8-12(14-3)10-4-6-11(13)7-5-10/h4-7,9,12,14H,8H2,1-3H3. The van der Waals surface area contributed by atoms with Crippen LogP contribution in [0, 0.1) is 9.49 Å². The second kappa shape index (κ2) is 5.71. The van der Waals surface area contributed by atoms with Crippen molar-refractivity contribution in [3.63, 3.8) is 0 Å². The first-order valence-electron chi connectivity index (χ1n) is 5.06. The number of hydrogen-bond acceptors (Lipinski definition) is 1. The Kier molecular flexibility index (Phi) is 4.89. The van der Waals surface area contributed by atoms with E-state index in [1.807, 2.05) is 7.05 Å². The zero-order chi connectivity index (χ0) is 10.6. The highest BCUT2D eigenvalue weighted by Crippen LogP contribution is 2.21. The summed E-state index contributed by atoms with van der Waals surface area (Å²) in [6.07, 6.45) is 1.19. The van der Waals surface area contributed by atoms with E-state index in [1.54, 1.807) is 0 Å². The van der Waals surface area contributed by atoms with Crippen LogP contribution in [-0.4, -0.2) is 7.05 Å². The molecule has 0 saturated heterocycles. The highest BCUT2D eigenvalue weighted by molar-refractivity contribution is 14.1. The minimum atomic E-state index is 0.493. The molecule has 14 heavy (non-hydrogen) atoms. The minimum absolute atomic E-state index is 0.493. The molecule has 0 aliphatic carbocycles. The van der Waals surface area contributed by atoms with Crippen molar-refractivity contribution >= 4 is 22.6 Å². The summed E-state index contributed by atoms with van der Waals surface area (Å²) in [5.74, 6) is 0.728. The molecular weight excluding hydrogens is 285 g/mol. The smallest absolute Gasteiger partial charge is 0.0319 e. The molecule has 0 saturated carbocycles. The van der Waals surface area contributed by atoms with Crippen molar-refractivity contribution in [3.8, 4) is 0 Å². The van der Waals surface area contributed by atoms with E-state index in [4.69, 9.17) is 0 Å². The molecular formula is C12H18IN. The van der Waals surface area contributed by atoms with Gasteiger partial charge in [0.15, 0.2) is 0 Å². The molecule has 0 spiro atoms. The number of nitrogens with one attached hydrogen (secondary N) is 1. The molecule has 2 heteroatoms. The summed E-state index contributed by atoms with van der Waals surface area (Å²) in [4.78, 5) is 0. The van der Waals surface area contributed by atoms with E-state index in [0.29, 0.717) is 6.04 Å². The summed E-state index contributed by atoms with van der Waals surface area (Å²) >= 11 is 2.34. The first-order valence-corrected chi connectivity index (χ1v) is 6.14. The zero-order valence-electron chi connectivity index (χ0n) is 9.05. The molecule has 0 aromatic heterocycles. The molecule has 1 aromatic carbocycles. The maximum Gasteiger partial charge on any atom is 0.0319 e.